The molecule has 0 aromatic carbocycles. The Morgan fingerprint density at radius 1 is 1.58 bits per heavy atom. The van der Waals surface area contributed by atoms with Gasteiger partial charge in [-0.2, -0.15) is 11.3 Å². The topological polar surface area (TPSA) is 12.0 Å². The molecule has 0 spiro atoms. The van der Waals surface area contributed by atoms with Crippen molar-refractivity contribution < 1.29 is 0 Å². The Hall–Kier alpha value is 0.01000. The molecule has 1 fully saturated rings. The van der Waals surface area contributed by atoms with E-state index >= 15 is 0 Å². The maximum absolute atomic E-state index is 3.52. The van der Waals surface area contributed by atoms with E-state index in [1.807, 2.05) is 11.8 Å². The van der Waals surface area contributed by atoms with Crippen molar-refractivity contribution in [2.45, 2.75) is 24.0 Å². The third-order valence-corrected chi connectivity index (χ3v) is 4.21. The van der Waals surface area contributed by atoms with Gasteiger partial charge in [0.2, 0.25) is 0 Å². The van der Waals surface area contributed by atoms with E-state index in [-0.39, 0.29) is 0 Å². The van der Waals surface area contributed by atoms with E-state index in [0.717, 1.165) is 11.8 Å². The summed E-state index contributed by atoms with van der Waals surface area (Å²) in [6, 6.07) is 2.22. The SMILES string of the molecule is CC1CCNC(c2ccsc2)S1. The van der Waals surface area contributed by atoms with Crippen LogP contribution in [0.15, 0.2) is 16.8 Å². The zero-order valence-electron chi connectivity index (χ0n) is 7.12. The highest BCUT2D eigenvalue weighted by molar-refractivity contribution is 8.00. The van der Waals surface area contributed by atoms with Crippen molar-refractivity contribution in [2.75, 3.05) is 6.54 Å². The highest BCUT2D eigenvalue weighted by atomic mass is 32.2. The minimum absolute atomic E-state index is 0.542. The molecule has 0 saturated carbocycles. The van der Waals surface area contributed by atoms with Crippen LogP contribution in [-0.2, 0) is 0 Å². The lowest BCUT2D eigenvalue weighted by Crippen LogP contribution is -2.28. The molecule has 3 heteroatoms. The molecule has 0 aliphatic carbocycles. The van der Waals surface area contributed by atoms with Gasteiger partial charge >= 0.3 is 0 Å². The molecule has 2 atom stereocenters. The van der Waals surface area contributed by atoms with Gasteiger partial charge in [0.15, 0.2) is 0 Å². The second-order valence-corrected chi connectivity index (χ2v) is 5.45. The first kappa shape index (κ1) is 8.60. The van der Waals surface area contributed by atoms with Crippen LogP contribution >= 0.6 is 23.1 Å². The van der Waals surface area contributed by atoms with Crippen LogP contribution < -0.4 is 5.32 Å². The van der Waals surface area contributed by atoms with Crippen LogP contribution in [0.25, 0.3) is 0 Å². The summed E-state index contributed by atoms with van der Waals surface area (Å²) in [4.78, 5) is 0. The average molecular weight is 199 g/mol. The lowest BCUT2D eigenvalue weighted by atomic mass is 10.3. The zero-order valence-corrected chi connectivity index (χ0v) is 8.75. The van der Waals surface area contributed by atoms with Crippen LogP contribution in [-0.4, -0.2) is 11.8 Å². The molecule has 66 valence electrons. The summed E-state index contributed by atoms with van der Waals surface area (Å²) < 4.78 is 0. The number of hydrogen-bond donors (Lipinski definition) is 1. The number of rotatable bonds is 1. The smallest absolute Gasteiger partial charge is 0.0800 e. The molecule has 0 amide bonds. The van der Waals surface area contributed by atoms with Crippen molar-refractivity contribution in [3.63, 3.8) is 0 Å². The van der Waals surface area contributed by atoms with Crippen molar-refractivity contribution in [2.24, 2.45) is 0 Å². The fraction of sp³-hybridized carbons (Fsp3) is 0.556. The molecule has 1 aromatic heterocycles. The first-order valence-corrected chi connectivity index (χ1v) is 6.16. The summed E-state index contributed by atoms with van der Waals surface area (Å²) in [5.74, 6) is 0. The molecule has 1 aliphatic rings. The monoisotopic (exact) mass is 199 g/mol. The molecule has 0 radical (unpaired) electrons. The molecule has 2 unspecified atom stereocenters. The standard InChI is InChI=1S/C9H13NS2/c1-7-2-4-10-9(12-7)8-3-5-11-6-8/h3,5-7,9-10H,2,4H2,1H3. The third kappa shape index (κ3) is 1.84. The molecule has 2 rings (SSSR count). The van der Waals surface area contributed by atoms with E-state index in [2.05, 4.69) is 29.1 Å². The molecule has 1 saturated heterocycles. The van der Waals surface area contributed by atoms with Gasteiger partial charge < -0.3 is 5.32 Å². The summed E-state index contributed by atoms with van der Waals surface area (Å²) >= 11 is 3.82. The Labute approximate surface area is 81.6 Å². The molecule has 1 aromatic rings. The van der Waals surface area contributed by atoms with E-state index in [1.54, 1.807) is 11.3 Å². The van der Waals surface area contributed by atoms with E-state index in [1.165, 1.54) is 12.0 Å². The predicted molar refractivity (Wildman–Crippen MR) is 56.7 cm³/mol. The quantitative estimate of drug-likeness (QED) is 0.746. The highest BCUT2D eigenvalue weighted by Gasteiger charge is 2.19. The van der Waals surface area contributed by atoms with Crippen LogP contribution in [0, 0.1) is 0 Å². The molecule has 0 bridgehead atoms. The molecular formula is C9H13NS2. The van der Waals surface area contributed by atoms with E-state index in [0.29, 0.717) is 5.37 Å². The van der Waals surface area contributed by atoms with Crippen LogP contribution in [0.4, 0.5) is 0 Å². The van der Waals surface area contributed by atoms with Gasteiger partial charge in [-0.3, -0.25) is 0 Å². The number of thioether (sulfide) groups is 1. The lowest BCUT2D eigenvalue weighted by molar-refractivity contribution is 0.606. The highest BCUT2D eigenvalue weighted by Crippen LogP contribution is 2.34. The van der Waals surface area contributed by atoms with Gasteiger partial charge in [0.05, 0.1) is 5.37 Å². The Kier molecular flexibility index (Phi) is 2.73. The van der Waals surface area contributed by atoms with E-state index in [4.69, 9.17) is 0 Å². The van der Waals surface area contributed by atoms with Crippen LogP contribution in [0.5, 0.6) is 0 Å². The van der Waals surface area contributed by atoms with Crippen molar-refractivity contribution in [1.82, 2.24) is 5.32 Å². The van der Waals surface area contributed by atoms with E-state index in [9.17, 15) is 0 Å². The molecule has 2 heterocycles. The Bertz CT molecular complexity index is 233. The van der Waals surface area contributed by atoms with Gasteiger partial charge in [-0.15, -0.1) is 11.8 Å². The molecule has 1 nitrogen and oxygen atoms in total. The predicted octanol–water partition coefficient (Wildman–Crippen LogP) is 2.86. The second kappa shape index (κ2) is 3.81. The van der Waals surface area contributed by atoms with E-state index < -0.39 is 0 Å². The van der Waals surface area contributed by atoms with Crippen molar-refractivity contribution in [1.29, 1.82) is 0 Å². The number of hydrogen-bond acceptors (Lipinski definition) is 3. The van der Waals surface area contributed by atoms with Gasteiger partial charge in [-0.25, -0.2) is 0 Å². The lowest BCUT2D eigenvalue weighted by Gasteiger charge is -2.27. The Balaban J connectivity index is 2.04. The first-order chi connectivity index (χ1) is 5.86. The Morgan fingerprint density at radius 3 is 3.17 bits per heavy atom. The second-order valence-electron chi connectivity index (χ2n) is 3.13. The minimum atomic E-state index is 0.542. The first-order valence-electron chi connectivity index (χ1n) is 4.27. The number of thiophene rings is 1. The molecule has 12 heavy (non-hydrogen) atoms. The van der Waals surface area contributed by atoms with Gasteiger partial charge in [0, 0.05) is 5.25 Å². The fourth-order valence-electron chi connectivity index (χ4n) is 1.39. The van der Waals surface area contributed by atoms with Gasteiger partial charge in [-0.05, 0) is 35.4 Å². The molecule has 1 aliphatic heterocycles. The Morgan fingerprint density at radius 2 is 2.50 bits per heavy atom. The largest absolute Gasteiger partial charge is 0.302 e. The van der Waals surface area contributed by atoms with Crippen LogP contribution in [0.1, 0.15) is 24.3 Å². The fourth-order valence-corrected chi connectivity index (χ4v) is 3.40. The van der Waals surface area contributed by atoms with Gasteiger partial charge in [-0.1, -0.05) is 6.92 Å². The normalized spacial score (nSPS) is 30.4. The summed E-state index contributed by atoms with van der Waals surface area (Å²) in [6.07, 6.45) is 1.30. The van der Waals surface area contributed by atoms with Crippen LogP contribution in [0.2, 0.25) is 0 Å². The maximum atomic E-state index is 3.52. The minimum Gasteiger partial charge on any atom is -0.302 e. The van der Waals surface area contributed by atoms with Gasteiger partial charge in [0.25, 0.3) is 0 Å². The van der Waals surface area contributed by atoms with Gasteiger partial charge in [0.1, 0.15) is 0 Å². The zero-order chi connectivity index (χ0) is 8.39. The average Bonchev–Trinajstić information content (AvgIpc) is 2.56. The maximum Gasteiger partial charge on any atom is 0.0800 e. The van der Waals surface area contributed by atoms with Crippen molar-refractivity contribution in [3.8, 4) is 0 Å². The summed E-state index contributed by atoms with van der Waals surface area (Å²) in [5, 5.41) is 9.25. The molecular weight excluding hydrogens is 186 g/mol. The summed E-state index contributed by atoms with van der Waals surface area (Å²) in [7, 11) is 0. The van der Waals surface area contributed by atoms with Crippen LogP contribution in [0.3, 0.4) is 0 Å². The molecule has 1 N–H and O–H groups in total. The number of nitrogens with one attached hydrogen (secondary N) is 1. The summed E-state index contributed by atoms with van der Waals surface area (Å²) in [5.41, 5.74) is 1.44. The summed E-state index contributed by atoms with van der Waals surface area (Å²) in [6.45, 7) is 3.47. The van der Waals surface area contributed by atoms with Crippen molar-refractivity contribution >= 4 is 23.1 Å². The van der Waals surface area contributed by atoms with Crippen molar-refractivity contribution in [3.05, 3.63) is 22.4 Å². The third-order valence-electron chi connectivity index (χ3n) is 2.09.